The Balaban J connectivity index is 1.72. The molecule has 0 aromatic heterocycles. The summed E-state index contributed by atoms with van der Waals surface area (Å²) >= 11 is 0. The summed E-state index contributed by atoms with van der Waals surface area (Å²) in [5.41, 5.74) is 0.233. The molecular weight excluding hydrogens is 204 g/mol. The first-order valence-electron chi connectivity index (χ1n) is 6.19. The van der Waals surface area contributed by atoms with E-state index in [1.54, 1.807) is 0 Å². The van der Waals surface area contributed by atoms with E-state index in [2.05, 4.69) is 31.0 Å². The van der Waals surface area contributed by atoms with Gasteiger partial charge in [-0.25, -0.2) is 0 Å². The molecule has 4 nitrogen and oxygen atoms in total. The van der Waals surface area contributed by atoms with Gasteiger partial charge in [0.25, 0.3) is 0 Å². The van der Waals surface area contributed by atoms with Crippen LogP contribution in [0.1, 0.15) is 20.8 Å². The van der Waals surface area contributed by atoms with Crippen LogP contribution in [0.5, 0.6) is 0 Å². The molecule has 2 rings (SSSR count). The number of nitrogens with zero attached hydrogens (tertiary/aromatic N) is 1. The van der Waals surface area contributed by atoms with Gasteiger partial charge in [0.1, 0.15) is 0 Å². The largest absolute Gasteiger partial charge is 0.378 e. The van der Waals surface area contributed by atoms with Gasteiger partial charge in [0.15, 0.2) is 0 Å². The molecule has 2 aliphatic rings. The smallest absolute Gasteiger partial charge is 0.0902 e. The lowest BCUT2D eigenvalue weighted by Crippen LogP contribution is -2.60. The molecule has 0 unspecified atom stereocenters. The molecule has 1 N–H and O–H groups in total. The number of morpholine rings is 1. The molecule has 16 heavy (non-hydrogen) atoms. The Morgan fingerprint density at radius 1 is 1.31 bits per heavy atom. The van der Waals surface area contributed by atoms with E-state index in [-0.39, 0.29) is 11.1 Å². The number of rotatable bonds is 4. The van der Waals surface area contributed by atoms with Crippen LogP contribution in [0.25, 0.3) is 0 Å². The standard InChI is InChI=1S/C12H24N2O2/c1-11(2)10-15-6-4-14(11)5-7-16-12(3)8-13-9-12/h13H,4-10H2,1-3H3. The van der Waals surface area contributed by atoms with Crippen molar-refractivity contribution >= 4 is 0 Å². The maximum absolute atomic E-state index is 5.92. The Bertz CT molecular complexity index is 239. The number of hydrogen-bond acceptors (Lipinski definition) is 4. The third-order valence-corrected chi connectivity index (χ3v) is 3.63. The van der Waals surface area contributed by atoms with Gasteiger partial charge >= 0.3 is 0 Å². The summed E-state index contributed by atoms with van der Waals surface area (Å²) in [5.74, 6) is 0. The molecule has 0 saturated carbocycles. The molecule has 0 aromatic rings. The molecule has 2 fully saturated rings. The minimum absolute atomic E-state index is 0.0798. The van der Waals surface area contributed by atoms with Crippen LogP contribution < -0.4 is 5.32 Å². The van der Waals surface area contributed by atoms with Crippen LogP contribution in [-0.4, -0.2) is 62.0 Å². The molecule has 2 aliphatic heterocycles. The summed E-state index contributed by atoms with van der Waals surface area (Å²) in [6, 6.07) is 0. The SMILES string of the molecule is CC1(OCCN2CCOCC2(C)C)CNC1. The highest BCUT2D eigenvalue weighted by atomic mass is 16.5. The van der Waals surface area contributed by atoms with Gasteiger partial charge in [-0.15, -0.1) is 0 Å². The zero-order valence-electron chi connectivity index (χ0n) is 10.7. The Kier molecular flexibility index (Phi) is 3.54. The van der Waals surface area contributed by atoms with Gasteiger partial charge in [-0.05, 0) is 20.8 Å². The molecular formula is C12H24N2O2. The average Bonchev–Trinajstić information content (AvgIpc) is 2.18. The molecule has 4 heteroatoms. The van der Waals surface area contributed by atoms with Crippen molar-refractivity contribution in [3.63, 3.8) is 0 Å². The van der Waals surface area contributed by atoms with Crippen LogP contribution in [0.3, 0.4) is 0 Å². The molecule has 0 aliphatic carbocycles. The minimum atomic E-state index is 0.0798. The van der Waals surface area contributed by atoms with E-state index in [0.29, 0.717) is 0 Å². The maximum Gasteiger partial charge on any atom is 0.0902 e. The number of ether oxygens (including phenoxy) is 2. The summed E-state index contributed by atoms with van der Waals surface area (Å²) in [6.45, 7) is 13.1. The lowest BCUT2D eigenvalue weighted by Gasteiger charge is -2.44. The Morgan fingerprint density at radius 3 is 2.62 bits per heavy atom. The first-order valence-corrected chi connectivity index (χ1v) is 6.19. The predicted molar refractivity (Wildman–Crippen MR) is 63.7 cm³/mol. The fourth-order valence-corrected chi connectivity index (χ4v) is 2.29. The van der Waals surface area contributed by atoms with E-state index in [9.17, 15) is 0 Å². The van der Waals surface area contributed by atoms with Crippen LogP contribution in [0, 0.1) is 0 Å². The first kappa shape index (κ1) is 12.3. The van der Waals surface area contributed by atoms with Crippen LogP contribution >= 0.6 is 0 Å². The lowest BCUT2D eigenvalue weighted by molar-refractivity contribution is -0.0983. The molecule has 0 aromatic carbocycles. The van der Waals surface area contributed by atoms with E-state index in [4.69, 9.17) is 9.47 Å². The van der Waals surface area contributed by atoms with Gasteiger partial charge in [-0.1, -0.05) is 0 Å². The fraction of sp³-hybridized carbons (Fsp3) is 1.00. The average molecular weight is 228 g/mol. The Morgan fingerprint density at radius 2 is 2.06 bits per heavy atom. The van der Waals surface area contributed by atoms with Crippen molar-refractivity contribution in [1.82, 2.24) is 10.2 Å². The van der Waals surface area contributed by atoms with Crippen LogP contribution in [0.15, 0.2) is 0 Å². The maximum atomic E-state index is 5.92. The van der Waals surface area contributed by atoms with E-state index in [1.807, 2.05) is 0 Å². The topological polar surface area (TPSA) is 33.7 Å². The number of nitrogens with one attached hydrogen (secondary N) is 1. The summed E-state index contributed by atoms with van der Waals surface area (Å²) in [4.78, 5) is 2.46. The molecule has 0 radical (unpaired) electrons. The Labute approximate surface area is 98.3 Å². The third-order valence-electron chi connectivity index (χ3n) is 3.63. The van der Waals surface area contributed by atoms with Crippen LogP contribution in [0.4, 0.5) is 0 Å². The van der Waals surface area contributed by atoms with Crippen molar-refractivity contribution in [3.8, 4) is 0 Å². The summed E-state index contributed by atoms with van der Waals surface area (Å²) in [6.07, 6.45) is 0. The van der Waals surface area contributed by atoms with E-state index in [1.165, 1.54) is 0 Å². The van der Waals surface area contributed by atoms with Crippen molar-refractivity contribution in [2.24, 2.45) is 0 Å². The van der Waals surface area contributed by atoms with Gasteiger partial charge in [-0.2, -0.15) is 0 Å². The number of hydrogen-bond donors (Lipinski definition) is 1. The second kappa shape index (κ2) is 4.61. The highest BCUT2D eigenvalue weighted by molar-refractivity contribution is 4.90. The molecule has 2 heterocycles. The molecule has 2 saturated heterocycles. The normalized spacial score (nSPS) is 28.7. The summed E-state index contributed by atoms with van der Waals surface area (Å²) < 4.78 is 11.4. The molecule has 0 spiro atoms. The van der Waals surface area contributed by atoms with E-state index < -0.39 is 0 Å². The zero-order valence-corrected chi connectivity index (χ0v) is 10.7. The molecule has 0 atom stereocenters. The van der Waals surface area contributed by atoms with Gasteiger partial charge in [0, 0.05) is 31.7 Å². The highest BCUT2D eigenvalue weighted by Crippen LogP contribution is 2.20. The van der Waals surface area contributed by atoms with Crippen LogP contribution in [0.2, 0.25) is 0 Å². The monoisotopic (exact) mass is 228 g/mol. The zero-order chi connectivity index (χ0) is 11.6. The predicted octanol–water partition coefficient (Wildman–Crippen LogP) is 0.476. The van der Waals surface area contributed by atoms with Crippen molar-refractivity contribution in [2.75, 3.05) is 46.0 Å². The van der Waals surface area contributed by atoms with Gasteiger partial charge in [0.05, 0.1) is 25.4 Å². The fourth-order valence-electron chi connectivity index (χ4n) is 2.29. The summed E-state index contributed by atoms with van der Waals surface area (Å²) in [5, 5.41) is 3.25. The quantitative estimate of drug-likeness (QED) is 0.758. The van der Waals surface area contributed by atoms with Crippen molar-refractivity contribution in [2.45, 2.75) is 31.9 Å². The highest BCUT2D eigenvalue weighted by Gasteiger charge is 2.34. The molecule has 94 valence electrons. The van der Waals surface area contributed by atoms with Crippen molar-refractivity contribution in [1.29, 1.82) is 0 Å². The Hall–Kier alpha value is -0.160. The van der Waals surface area contributed by atoms with Crippen LogP contribution in [-0.2, 0) is 9.47 Å². The molecule has 0 amide bonds. The van der Waals surface area contributed by atoms with E-state index >= 15 is 0 Å². The van der Waals surface area contributed by atoms with Gasteiger partial charge in [0.2, 0.25) is 0 Å². The van der Waals surface area contributed by atoms with Crippen molar-refractivity contribution in [3.05, 3.63) is 0 Å². The van der Waals surface area contributed by atoms with Gasteiger partial charge in [-0.3, -0.25) is 4.90 Å². The first-order chi connectivity index (χ1) is 7.52. The van der Waals surface area contributed by atoms with Crippen molar-refractivity contribution < 1.29 is 9.47 Å². The van der Waals surface area contributed by atoms with E-state index in [0.717, 1.165) is 46.0 Å². The van der Waals surface area contributed by atoms with Gasteiger partial charge < -0.3 is 14.8 Å². The lowest BCUT2D eigenvalue weighted by atomic mass is 10.00. The second-order valence-electron chi connectivity index (χ2n) is 5.75. The minimum Gasteiger partial charge on any atom is -0.378 e. The summed E-state index contributed by atoms with van der Waals surface area (Å²) in [7, 11) is 0. The third kappa shape index (κ3) is 2.74. The second-order valence-corrected chi connectivity index (χ2v) is 5.75. The molecule has 0 bridgehead atoms.